The lowest BCUT2D eigenvalue weighted by Gasteiger charge is -2.13. The van der Waals surface area contributed by atoms with Gasteiger partial charge < -0.3 is 5.32 Å². The molecule has 1 N–H and O–H groups in total. The molecule has 1 saturated heterocycles. The first-order valence-electron chi connectivity index (χ1n) is 6.37. The highest BCUT2D eigenvalue weighted by atomic mass is 32.2. The Morgan fingerprint density at radius 2 is 1.77 bits per heavy atom. The van der Waals surface area contributed by atoms with Crippen LogP contribution in [0.1, 0.15) is 17.9 Å². The lowest BCUT2D eigenvalue weighted by Crippen LogP contribution is -2.34. The van der Waals surface area contributed by atoms with Gasteiger partial charge in [-0.3, -0.25) is 4.79 Å². The summed E-state index contributed by atoms with van der Waals surface area (Å²) in [6.07, 6.45) is 0.754. The number of ketones is 1. The number of Topliss-reactive ketones (excluding diaryl/α,β-unsaturated/α-hetero) is 1. The molecule has 1 unspecified atom stereocenters. The summed E-state index contributed by atoms with van der Waals surface area (Å²) in [5, 5.41) is 2.63. The number of benzene rings is 1. The van der Waals surface area contributed by atoms with Gasteiger partial charge >= 0.3 is 0 Å². The van der Waals surface area contributed by atoms with E-state index in [4.69, 9.17) is 0 Å². The normalized spacial score (nSPS) is 22.0. The van der Waals surface area contributed by atoms with Gasteiger partial charge in [0.25, 0.3) is 0 Å². The Bertz CT molecular complexity index is 694. The van der Waals surface area contributed by atoms with Gasteiger partial charge in [0.2, 0.25) is 0 Å². The van der Waals surface area contributed by atoms with E-state index in [1.165, 1.54) is 0 Å². The van der Waals surface area contributed by atoms with Crippen molar-refractivity contribution in [2.75, 3.05) is 18.6 Å². The Morgan fingerprint density at radius 1 is 1.23 bits per heavy atom. The van der Waals surface area contributed by atoms with Crippen molar-refractivity contribution in [3.05, 3.63) is 34.9 Å². The average Bonchev–Trinajstić information content (AvgIpc) is 2.84. The molecule has 1 aromatic carbocycles. The van der Waals surface area contributed by atoms with Gasteiger partial charge in [0.05, 0.1) is 6.04 Å². The quantitative estimate of drug-likeness (QED) is 0.664. The summed E-state index contributed by atoms with van der Waals surface area (Å²) in [5.74, 6) is -8.34. The molecule has 22 heavy (non-hydrogen) atoms. The molecule has 1 heterocycles. The van der Waals surface area contributed by atoms with Crippen molar-refractivity contribution in [1.29, 1.82) is 0 Å². The largest absolute Gasteiger partial charge is 0.307 e. The number of hydrogen-bond donors (Lipinski definition) is 1. The highest BCUT2D eigenvalue weighted by Gasteiger charge is 2.35. The van der Waals surface area contributed by atoms with Crippen LogP contribution in [0.4, 0.5) is 17.6 Å². The Labute approximate surface area is 124 Å². The van der Waals surface area contributed by atoms with Crippen molar-refractivity contribution < 1.29 is 30.8 Å². The first kappa shape index (κ1) is 16.9. The average molecular weight is 339 g/mol. The smallest absolute Gasteiger partial charge is 0.165 e. The van der Waals surface area contributed by atoms with E-state index in [0.29, 0.717) is 0 Å². The van der Waals surface area contributed by atoms with Gasteiger partial charge in [-0.15, -0.1) is 0 Å². The van der Waals surface area contributed by atoms with Crippen LogP contribution in [0.15, 0.2) is 6.07 Å². The fourth-order valence-electron chi connectivity index (χ4n) is 2.51. The second-order valence-corrected chi connectivity index (χ2v) is 7.45. The molecule has 2 rings (SSSR count). The first-order valence-corrected chi connectivity index (χ1v) is 8.43. The van der Waals surface area contributed by atoms with Gasteiger partial charge in [-0.25, -0.2) is 26.0 Å². The molecule has 1 aliphatic rings. The van der Waals surface area contributed by atoms with Gasteiger partial charge in [0, 0.05) is 30.3 Å². The maximum atomic E-state index is 13.7. The Hall–Kier alpha value is -1.48. The molecule has 9 heteroatoms. The van der Waals surface area contributed by atoms with Crippen molar-refractivity contribution in [3.63, 3.8) is 0 Å². The van der Waals surface area contributed by atoms with Crippen LogP contribution in [-0.4, -0.2) is 38.8 Å². The van der Waals surface area contributed by atoms with E-state index in [9.17, 15) is 30.8 Å². The summed E-state index contributed by atoms with van der Waals surface area (Å²) in [6.45, 7) is -0.0864. The van der Waals surface area contributed by atoms with Gasteiger partial charge in [0.1, 0.15) is 5.75 Å². The summed E-state index contributed by atoms with van der Waals surface area (Å²) in [4.78, 5) is 11.8. The summed E-state index contributed by atoms with van der Waals surface area (Å²) < 4.78 is 76.0. The second kappa shape index (κ2) is 5.96. The molecule has 0 bridgehead atoms. The summed E-state index contributed by atoms with van der Waals surface area (Å²) in [5.41, 5.74) is -0.764. The minimum Gasteiger partial charge on any atom is -0.307 e. The lowest BCUT2D eigenvalue weighted by atomic mass is 9.94. The molecule has 0 radical (unpaired) electrons. The molecule has 1 aliphatic heterocycles. The maximum Gasteiger partial charge on any atom is 0.165 e. The summed E-state index contributed by atoms with van der Waals surface area (Å²) in [6, 6.07) is -0.812. The molecule has 0 spiro atoms. The van der Waals surface area contributed by atoms with Crippen LogP contribution in [0.25, 0.3) is 0 Å². The SMILES string of the molecule is CS(=O)(=O)CC(=O)C1C[C@@H](c2c(F)c(F)cc(F)c2F)CN1. The number of hydrogen-bond acceptors (Lipinski definition) is 4. The monoisotopic (exact) mass is 339 g/mol. The van der Waals surface area contributed by atoms with Crippen LogP contribution >= 0.6 is 0 Å². The number of nitrogens with one attached hydrogen (secondary N) is 1. The fraction of sp³-hybridized carbons (Fsp3) is 0.462. The Morgan fingerprint density at radius 3 is 2.27 bits per heavy atom. The molecule has 0 aliphatic carbocycles. The minimum atomic E-state index is -3.53. The zero-order chi connectivity index (χ0) is 16.7. The number of carbonyl (C=O) groups excluding carboxylic acids is 1. The zero-order valence-electron chi connectivity index (χ0n) is 11.5. The van der Waals surface area contributed by atoms with Gasteiger partial charge in [-0.2, -0.15) is 0 Å². The molecular formula is C13H13F4NO3S. The third-order valence-corrected chi connectivity index (χ3v) is 4.29. The Balaban J connectivity index is 2.23. The highest BCUT2D eigenvalue weighted by molar-refractivity contribution is 7.91. The van der Waals surface area contributed by atoms with Crippen molar-refractivity contribution in [2.24, 2.45) is 0 Å². The number of sulfone groups is 1. The molecule has 0 saturated carbocycles. The van der Waals surface area contributed by atoms with Crippen molar-refractivity contribution in [1.82, 2.24) is 5.32 Å². The Kier molecular flexibility index (Phi) is 4.57. The third kappa shape index (κ3) is 3.46. The van der Waals surface area contributed by atoms with Crippen LogP contribution < -0.4 is 5.32 Å². The van der Waals surface area contributed by atoms with E-state index in [1.54, 1.807) is 0 Å². The number of carbonyl (C=O) groups is 1. The molecule has 1 aromatic rings. The lowest BCUT2D eigenvalue weighted by molar-refractivity contribution is -0.118. The molecule has 122 valence electrons. The van der Waals surface area contributed by atoms with E-state index in [-0.39, 0.29) is 19.0 Å². The second-order valence-electron chi connectivity index (χ2n) is 5.31. The van der Waals surface area contributed by atoms with Crippen LogP contribution in [0.5, 0.6) is 0 Å². The standard InChI is InChI=1S/C13H13F4NO3S/c1-22(20,21)5-10(19)9-2-6(4-18-9)11-12(16)7(14)3-8(15)13(11)17/h3,6,9,18H,2,4-5H2,1H3/t6-,9?/m1/s1. The molecule has 0 amide bonds. The first-order chi connectivity index (χ1) is 10.1. The predicted molar refractivity (Wildman–Crippen MR) is 70.1 cm³/mol. The summed E-state index contributed by atoms with van der Waals surface area (Å²) >= 11 is 0. The molecule has 2 atom stereocenters. The zero-order valence-corrected chi connectivity index (χ0v) is 12.3. The van der Waals surface area contributed by atoms with E-state index in [0.717, 1.165) is 6.26 Å². The van der Waals surface area contributed by atoms with Crippen LogP contribution in [0.2, 0.25) is 0 Å². The maximum absolute atomic E-state index is 13.7. The predicted octanol–water partition coefficient (Wildman–Crippen LogP) is 1.30. The fourth-order valence-corrected chi connectivity index (χ4v) is 3.23. The highest BCUT2D eigenvalue weighted by Crippen LogP contribution is 2.32. The molecule has 1 fully saturated rings. The summed E-state index contributed by atoms with van der Waals surface area (Å²) in [7, 11) is -3.53. The molecular weight excluding hydrogens is 326 g/mol. The van der Waals surface area contributed by atoms with E-state index < -0.39 is 62.2 Å². The number of rotatable bonds is 4. The van der Waals surface area contributed by atoms with Crippen molar-refractivity contribution in [2.45, 2.75) is 18.4 Å². The third-order valence-electron chi connectivity index (χ3n) is 3.48. The molecule has 4 nitrogen and oxygen atoms in total. The van der Waals surface area contributed by atoms with E-state index >= 15 is 0 Å². The van der Waals surface area contributed by atoms with Crippen molar-refractivity contribution >= 4 is 15.6 Å². The van der Waals surface area contributed by atoms with Crippen LogP contribution in [0.3, 0.4) is 0 Å². The van der Waals surface area contributed by atoms with Crippen LogP contribution in [-0.2, 0) is 14.6 Å². The van der Waals surface area contributed by atoms with Gasteiger partial charge in [0.15, 0.2) is 38.9 Å². The topological polar surface area (TPSA) is 63.2 Å². The molecule has 0 aromatic heterocycles. The van der Waals surface area contributed by atoms with Gasteiger partial charge in [-0.1, -0.05) is 0 Å². The van der Waals surface area contributed by atoms with Crippen LogP contribution in [0, 0.1) is 23.3 Å². The van der Waals surface area contributed by atoms with E-state index in [1.807, 2.05) is 0 Å². The van der Waals surface area contributed by atoms with E-state index in [2.05, 4.69) is 5.32 Å². The minimum absolute atomic E-state index is 0.0864. The van der Waals surface area contributed by atoms with Crippen molar-refractivity contribution in [3.8, 4) is 0 Å². The van der Waals surface area contributed by atoms with Gasteiger partial charge in [-0.05, 0) is 6.42 Å². The number of halogens is 4.